The maximum atomic E-state index is 14.8. The smallest absolute Gasteiger partial charge is 0.331 e. The summed E-state index contributed by atoms with van der Waals surface area (Å²) in [5.74, 6) is 0.869. The minimum absolute atomic E-state index is 0.0262. The molecule has 0 amide bonds. The molecule has 298 valence electrons. The van der Waals surface area contributed by atoms with E-state index >= 15 is 0 Å². The standard InChI is InChI=1S/C42H44N4O10S/c1-7-10-45-25-12-23-11-19(2)36(52-6)35(49)30(23)33(45)34-40-32-31(39-38(54-18-55-39)20(3)37(32)56-21(4)47)27(46(34)26(25)15-43)16-53-41(50)42(17-57-40)24-14-29(51-5)28(48)13-22(24)8-9-44-42/h7,11,13-14,25-27,33-34,40,44,48-49H,1,8-10,12,16-18H2,2-6H3/t25?,26-,27-,33?,34?,40+,42+/m0/s1. The van der Waals surface area contributed by atoms with Crippen LogP contribution in [0.25, 0.3) is 0 Å². The number of hydrogen-bond acceptors (Lipinski definition) is 15. The molecule has 1 spiro atoms. The van der Waals surface area contributed by atoms with Gasteiger partial charge >= 0.3 is 11.9 Å². The summed E-state index contributed by atoms with van der Waals surface area (Å²) in [6.45, 7) is 9.75. The Labute approximate surface area is 334 Å². The fourth-order valence-electron chi connectivity index (χ4n) is 10.4. The number of hydrogen-bond donors (Lipinski definition) is 3. The Morgan fingerprint density at radius 3 is 2.61 bits per heavy atom. The number of aryl methyl sites for hydroxylation is 1. The summed E-state index contributed by atoms with van der Waals surface area (Å²) in [7, 11) is 3.00. The number of methoxy groups -OCH3 is 2. The van der Waals surface area contributed by atoms with Crippen LogP contribution in [0.5, 0.6) is 40.2 Å². The van der Waals surface area contributed by atoms with Crippen LogP contribution >= 0.6 is 11.8 Å². The Morgan fingerprint density at radius 2 is 1.89 bits per heavy atom. The van der Waals surface area contributed by atoms with Crippen molar-refractivity contribution in [3.8, 4) is 46.3 Å². The van der Waals surface area contributed by atoms with Gasteiger partial charge in [-0.25, -0.2) is 4.79 Å². The van der Waals surface area contributed by atoms with E-state index in [1.165, 1.54) is 32.9 Å². The molecule has 10 rings (SSSR count). The molecule has 7 atom stereocenters. The molecule has 7 aliphatic rings. The van der Waals surface area contributed by atoms with Crippen molar-refractivity contribution in [2.24, 2.45) is 0 Å². The van der Waals surface area contributed by atoms with E-state index in [4.69, 9.17) is 28.4 Å². The number of rotatable bonds is 5. The Kier molecular flexibility index (Phi) is 9.04. The maximum Gasteiger partial charge on any atom is 0.331 e. The number of carbonyl (C=O) groups is 2. The van der Waals surface area contributed by atoms with Crippen molar-refractivity contribution in [2.45, 2.75) is 74.6 Å². The predicted octanol–water partition coefficient (Wildman–Crippen LogP) is 4.54. The number of nitrogens with zero attached hydrogens (tertiary/aromatic N) is 3. The molecule has 3 unspecified atom stereocenters. The summed E-state index contributed by atoms with van der Waals surface area (Å²) in [6.07, 6.45) is 2.82. The van der Waals surface area contributed by atoms with E-state index in [0.717, 1.165) is 16.7 Å². The van der Waals surface area contributed by atoms with Gasteiger partial charge in [0.15, 0.2) is 40.0 Å². The van der Waals surface area contributed by atoms with Crippen LogP contribution in [0.3, 0.4) is 0 Å². The van der Waals surface area contributed by atoms with Crippen molar-refractivity contribution in [1.82, 2.24) is 15.1 Å². The molecule has 57 heavy (non-hydrogen) atoms. The number of esters is 2. The highest BCUT2D eigenvalue weighted by molar-refractivity contribution is 7.99. The van der Waals surface area contributed by atoms with Crippen molar-refractivity contribution < 1.29 is 48.2 Å². The largest absolute Gasteiger partial charge is 0.504 e. The van der Waals surface area contributed by atoms with Gasteiger partial charge in [-0.15, -0.1) is 18.3 Å². The summed E-state index contributed by atoms with van der Waals surface area (Å²) < 4.78 is 36.2. The molecule has 7 aliphatic heterocycles. The van der Waals surface area contributed by atoms with Gasteiger partial charge < -0.3 is 38.6 Å². The third-order valence-corrected chi connectivity index (χ3v) is 14.1. The highest BCUT2D eigenvalue weighted by Crippen LogP contribution is 2.65. The second-order valence-electron chi connectivity index (χ2n) is 15.4. The molecule has 2 fully saturated rings. The third-order valence-electron chi connectivity index (χ3n) is 12.6. The molecule has 0 aromatic heterocycles. The molecule has 14 nitrogen and oxygen atoms in total. The molecular weight excluding hydrogens is 753 g/mol. The van der Waals surface area contributed by atoms with Crippen LogP contribution in [0, 0.1) is 25.2 Å². The second kappa shape index (κ2) is 13.8. The Balaban J connectivity index is 1.35. The lowest BCUT2D eigenvalue weighted by Gasteiger charge is -2.62. The van der Waals surface area contributed by atoms with Crippen molar-refractivity contribution >= 4 is 23.7 Å². The number of nitrogens with one attached hydrogen (secondary N) is 1. The molecule has 7 heterocycles. The third kappa shape index (κ3) is 5.26. The van der Waals surface area contributed by atoms with E-state index in [1.807, 2.05) is 26.0 Å². The predicted molar refractivity (Wildman–Crippen MR) is 207 cm³/mol. The highest BCUT2D eigenvalue weighted by Gasteiger charge is 2.62. The Bertz CT molecular complexity index is 2290. The summed E-state index contributed by atoms with van der Waals surface area (Å²) in [5, 5.41) is 37.2. The number of carbonyl (C=O) groups excluding carboxylic acids is 2. The van der Waals surface area contributed by atoms with Gasteiger partial charge in [0.25, 0.3) is 0 Å². The van der Waals surface area contributed by atoms with Gasteiger partial charge in [-0.1, -0.05) is 12.1 Å². The molecule has 0 radical (unpaired) electrons. The number of nitriles is 1. The minimum Gasteiger partial charge on any atom is -0.504 e. The number of phenols is 2. The lowest BCUT2D eigenvalue weighted by atomic mass is 9.71. The lowest BCUT2D eigenvalue weighted by molar-refractivity contribution is -0.157. The average Bonchev–Trinajstić information content (AvgIpc) is 3.68. The van der Waals surface area contributed by atoms with Gasteiger partial charge in [0.2, 0.25) is 6.79 Å². The Morgan fingerprint density at radius 1 is 1.11 bits per heavy atom. The quantitative estimate of drug-likeness (QED) is 0.187. The van der Waals surface area contributed by atoms with Gasteiger partial charge in [0, 0.05) is 60.1 Å². The zero-order valence-electron chi connectivity index (χ0n) is 32.3. The molecule has 3 N–H and O–H groups in total. The first-order valence-electron chi connectivity index (χ1n) is 19.0. The number of aromatic hydroxyl groups is 2. The van der Waals surface area contributed by atoms with E-state index in [-0.39, 0.29) is 42.4 Å². The van der Waals surface area contributed by atoms with Gasteiger partial charge in [-0.3, -0.25) is 19.9 Å². The normalized spacial score (nSPS) is 28.2. The summed E-state index contributed by atoms with van der Waals surface area (Å²) in [4.78, 5) is 32.2. The SMILES string of the molecule is C=CCN1C2c3c(cc(C)c(OC)c3O)CC1[C@H](C#N)N1C2[C@@H]2SC[C@]3(NCCc4cc(O)c(OC)cc43)C(=O)OC[C@H]1c1c3c(c(C)c(OC(C)=O)c12)OCO3. The highest BCUT2D eigenvalue weighted by atomic mass is 32.2. The molecule has 0 aliphatic carbocycles. The molecular formula is C42H44N4O10S. The Hall–Kier alpha value is -5.14. The number of benzene rings is 3. The average molecular weight is 797 g/mol. The van der Waals surface area contributed by atoms with Crippen molar-refractivity contribution in [1.29, 1.82) is 5.26 Å². The molecule has 0 saturated carbocycles. The first-order chi connectivity index (χ1) is 27.5. The summed E-state index contributed by atoms with van der Waals surface area (Å²) in [6, 6.07) is 5.08. The monoisotopic (exact) mass is 796 g/mol. The fourth-order valence-corrected chi connectivity index (χ4v) is 12.1. The van der Waals surface area contributed by atoms with E-state index in [0.29, 0.717) is 76.7 Å². The van der Waals surface area contributed by atoms with E-state index < -0.39 is 46.9 Å². The number of phenolic OH excluding ortho intramolecular Hbond substituents is 2. The molecule has 3 aromatic carbocycles. The van der Waals surface area contributed by atoms with Gasteiger partial charge in [0.05, 0.1) is 37.6 Å². The van der Waals surface area contributed by atoms with Crippen LogP contribution in [0.1, 0.15) is 68.8 Å². The molecule has 15 heteroatoms. The van der Waals surface area contributed by atoms with Crippen LogP contribution in [-0.4, -0.2) is 96.5 Å². The minimum atomic E-state index is -1.38. The first kappa shape index (κ1) is 37.4. The first-order valence-corrected chi connectivity index (χ1v) is 20.1. The van der Waals surface area contributed by atoms with Crippen LogP contribution in [0.15, 0.2) is 30.9 Å². The van der Waals surface area contributed by atoms with Gasteiger partial charge in [-0.2, -0.15) is 5.26 Å². The van der Waals surface area contributed by atoms with Crippen molar-refractivity contribution in [3.05, 3.63) is 75.4 Å². The second-order valence-corrected chi connectivity index (χ2v) is 16.5. The van der Waals surface area contributed by atoms with E-state index in [1.54, 1.807) is 12.1 Å². The maximum absolute atomic E-state index is 14.8. The number of piperazine rings is 1. The van der Waals surface area contributed by atoms with Crippen LogP contribution in [0.2, 0.25) is 0 Å². The van der Waals surface area contributed by atoms with Crippen LogP contribution < -0.4 is 29.0 Å². The molecule has 4 bridgehead atoms. The summed E-state index contributed by atoms with van der Waals surface area (Å²) >= 11 is 1.47. The topological polar surface area (TPSA) is 172 Å². The van der Waals surface area contributed by atoms with Crippen molar-refractivity contribution in [2.75, 3.05) is 46.5 Å². The van der Waals surface area contributed by atoms with Crippen molar-refractivity contribution in [3.63, 3.8) is 0 Å². The number of thioether (sulfide) groups is 1. The van der Waals surface area contributed by atoms with E-state index in [2.05, 4.69) is 27.8 Å². The van der Waals surface area contributed by atoms with Gasteiger partial charge in [-0.05, 0) is 61.1 Å². The lowest BCUT2D eigenvalue weighted by Crippen LogP contribution is -2.70. The zero-order valence-corrected chi connectivity index (χ0v) is 33.2. The molecule has 2 saturated heterocycles. The fraction of sp³-hybridized carbons (Fsp3) is 0.452. The molecule has 3 aromatic rings. The van der Waals surface area contributed by atoms with E-state index in [9.17, 15) is 25.1 Å². The number of ether oxygens (including phenoxy) is 6. The summed E-state index contributed by atoms with van der Waals surface area (Å²) in [5.41, 5.74) is 4.30. The number of fused-ring (bicyclic) bond motifs is 9. The zero-order chi connectivity index (χ0) is 40.1. The van der Waals surface area contributed by atoms with Gasteiger partial charge in [0.1, 0.15) is 18.4 Å². The van der Waals surface area contributed by atoms with Crippen LogP contribution in [0.4, 0.5) is 0 Å². The van der Waals surface area contributed by atoms with Crippen LogP contribution in [-0.2, 0) is 32.7 Å².